The summed E-state index contributed by atoms with van der Waals surface area (Å²) in [5, 5.41) is 1.90. The zero-order valence-corrected chi connectivity index (χ0v) is 18.0. The third kappa shape index (κ3) is 4.26. The minimum atomic E-state index is -1.02. The van der Waals surface area contributed by atoms with E-state index in [1.165, 1.54) is 11.3 Å². The number of hydrogen-bond donors (Lipinski definition) is 0. The van der Waals surface area contributed by atoms with E-state index in [1.54, 1.807) is 30.2 Å². The van der Waals surface area contributed by atoms with Crippen LogP contribution < -0.4 is 4.74 Å². The largest absolute Gasteiger partial charge is 0.497 e. The number of aryl methyl sites for hydroxylation is 1. The molecule has 6 nitrogen and oxygen atoms in total. The van der Waals surface area contributed by atoms with Crippen molar-refractivity contribution in [1.29, 1.82) is 0 Å². The van der Waals surface area contributed by atoms with Crippen LogP contribution in [0.4, 0.5) is 0 Å². The van der Waals surface area contributed by atoms with Gasteiger partial charge in [-0.25, -0.2) is 0 Å². The first-order valence-corrected chi connectivity index (χ1v) is 10.4. The number of methoxy groups -OCH3 is 1. The summed E-state index contributed by atoms with van der Waals surface area (Å²) in [6.45, 7) is 3.05. The Bertz CT molecular complexity index is 908. The van der Waals surface area contributed by atoms with Crippen molar-refractivity contribution >= 4 is 28.8 Å². The molecule has 1 aromatic carbocycles. The highest BCUT2D eigenvalue weighted by molar-refractivity contribution is 7.10. The molecule has 0 saturated carbocycles. The van der Waals surface area contributed by atoms with Gasteiger partial charge in [-0.15, -0.1) is 11.3 Å². The monoisotopic (exact) mass is 414 g/mol. The van der Waals surface area contributed by atoms with Crippen LogP contribution >= 0.6 is 11.3 Å². The van der Waals surface area contributed by atoms with Crippen LogP contribution in [0.15, 0.2) is 35.7 Å². The molecular formula is C22H26N2O4S. The lowest BCUT2D eigenvalue weighted by Gasteiger charge is -2.26. The van der Waals surface area contributed by atoms with Crippen LogP contribution in [-0.4, -0.2) is 61.6 Å². The fourth-order valence-electron chi connectivity index (χ4n) is 3.77. The molecule has 3 rings (SSSR count). The molecule has 0 N–H and O–H groups in total. The molecule has 1 fully saturated rings. The zero-order chi connectivity index (χ0) is 21.1. The zero-order valence-electron chi connectivity index (χ0n) is 17.2. The second kappa shape index (κ2) is 8.88. The predicted molar refractivity (Wildman–Crippen MR) is 113 cm³/mol. The first-order chi connectivity index (χ1) is 13.8. The molecule has 0 radical (unpaired) electrons. The maximum atomic E-state index is 13.4. The number of amides is 1. The molecule has 2 aromatic rings. The number of rotatable bonds is 8. The second-order valence-corrected chi connectivity index (χ2v) is 8.48. The highest BCUT2D eigenvalue weighted by atomic mass is 32.1. The molecule has 29 heavy (non-hydrogen) atoms. The lowest BCUT2D eigenvalue weighted by atomic mass is 9.87. The lowest BCUT2D eigenvalue weighted by Crippen LogP contribution is -2.32. The Kier molecular flexibility index (Phi) is 6.49. The van der Waals surface area contributed by atoms with Crippen LogP contribution in [0.3, 0.4) is 0 Å². The fraction of sp³-hybridized carbons (Fsp3) is 0.409. The van der Waals surface area contributed by atoms with Gasteiger partial charge in [0, 0.05) is 17.0 Å². The van der Waals surface area contributed by atoms with Crippen molar-refractivity contribution in [2.75, 3.05) is 34.3 Å². The Morgan fingerprint density at radius 1 is 1.24 bits per heavy atom. The Balaban J connectivity index is 1.96. The number of ketones is 2. The third-order valence-corrected chi connectivity index (χ3v) is 6.17. The van der Waals surface area contributed by atoms with Crippen LogP contribution in [0, 0.1) is 12.8 Å². The number of hydrogen-bond acceptors (Lipinski definition) is 6. The van der Waals surface area contributed by atoms with Gasteiger partial charge in [0.25, 0.3) is 5.91 Å². The van der Waals surface area contributed by atoms with E-state index in [9.17, 15) is 14.4 Å². The van der Waals surface area contributed by atoms with Crippen molar-refractivity contribution in [1.82, 2.24) is 9.80 Å². The minimum absolute atomic E-state index is 0.308. The number of Topliss-reactive ketones (excluding diaryl/α,β-unsaturated/α-hetero) is 2. The van der Waals surface area contributed by atoms with Gasteiger partial charge in [0.05, 0.1) is 13.2 Å². The molecular weight excluding hydrogens is 388 g/mol. The van der Waals surface area contributed by atoms with E-state index in [1.807, 2.05) is 43.4 Å². The van der Waals surface area contributed by atoms with Gasteiger partial charge in [-0.05, 0) is 69.2 Å². The normalized spacial score (nSPS) is 19.3. The molecule has 154 valence electrons. The summed E-state index contributed by atoms with van der Waals surface area (Å²) < 4.78 is 5.21. The molecule has 7 heteroatoms. The van der Waals surface area contributed by atoms with Gasteiger partial charge < -0.3 is 14.5 Å². The van der Waals surface area contributed by atoms with Crippen LogP contribution in [0.25, 0.3) is 0 Å². The van der Waals surface area contributed by atoms with Crippen LogP contribution in [0.5, 0.6) is 5.75 Å². The standard InChI is InChI=1S/C22H26N2O4S/c1-14-13-15(28-4)8-9-16(14)20(25)18-19(17-7-5-12-29-17)24(22(27)21(18)26)11-6-10-23(2)3/h5,7-9,12-13,18-19H,6,10-11H2,1-4H3. The van der Waals surface area contributed by atoms with Gasteiger partial charge in [-0.3, -0.25) is 14.4 Å². The number of nitrogens with zero attached hydrogens (tertiary/aromatic N) is 2. The van der Waals surface area contributed by atoms with Gasteiger partial charge >= 0.3 is 0 Å². The Labute approximate surface area is 175 Å². The highest BCUT2D eigenvalue weighted by Crippen LogP contribution is 2.40. The van der Waals surface area contributed by atoms with E-state index in [4.69, 9.17) is 4.74 Å². The maximum absolute atomic E-state index is 13.4. The maximum Gasteiger partial charge on any atom is 0.291 e. The average Bonchev–Trinajstić information content (AvgIpc) is 3.29. The molecule has 1 amide bonds. The molecule has 1 saturated heterocycles. The average molecular weight is 415 g/mol. The molecule has 2 atom stereocenters. The van der Waals surface area contributed by atoms with E-state index in [0.29, 0.717) is 17.9 Å². The molecule has 0 bridgehead atoms. The van der Waals surface area contributed by atoms with Crippen molar-refractivity contribution < 1.29 is 19.1 Å². The van der Waals surface area contributed by atoms with E-state index in [2.05, 4.69) is 0 Å². The van der Waals surface area contributed by atoms with E-state index >= 15 is 0 Å². The Hall–Kier alpha value is -2.51. The summed E-state index contributed by atoms with van der Waals surface area (Å²) in [5.74, 6) is -1.86. The quantitative estimate of drug-likeness (QED) is 0.377. The Morgan fingerprint density at radius 3 is 2.59 bits per heavy atom. The van der Waals surface area contributed by atoms with Crippen molar-refractivity contribution in [2.45, 2.75) is 19.4 Å². The van der Waals surface area contributed by atoms with Crippen molar-refractivity contribution in [3.05, 3.63) is 51.7 Å². The summed E-state index contributed by atoms with van der Waals surface area (Å²) in [6.07, 6.45) is 0.733. The lowest BCUT2D eigenvalue weighted by molar-refractivity contribution is -0.140. The molecule has 2 unspecified atom stereocenters. The van der Waals surface area contributed by atoms with Crippen LogP contribution in [0.2, 0.25) is 0 Å². The van der Waals surface area contributed by atoms with Gasteiger partial charge in [0.1, 0.15) is 11.7 Å². The van der Waals surface area contributed by atoms with E-state index < -0.39 is 23.7 Å². The van der Waals surface area contributed by atoms with Crippen molar-refractivity contribution in [2.24, 2.45) is 5.92 Å². The topological polar surface area (TPSA) is 66.9 Å². The smallest absolute Gasteiger partial charge is 0.291 e. The van der Waals surface area contributed by atoms with E-state index in [0.717, 1.165) is 23.4 Å². The summed E-state index contributed by atoms with van der Waals surface area (Å²) in [4.78, 5) is 43.6. The number of benzene rings is 1. The number of ether oxygens (including phenoxy) is 1. The molecule has 1 aliphatic rings. The summed E-state index contributed by atoms with van der Waals surface area (Å²) in [5.41, 5.74) is 1.18. The Morgan fingerprint density at radius 2 is 2.00 bits per heavy atom. The molecule has 2 heterocycles. The molecule has 0 aliphatic carbocycles. The van der Waals surface area contributed by atoms with Gasteiger partial charge in [0.15, 0.2) is 5.78 Å². The SMILES string of the molecule is COc1ccc(C(=O)C2C(=O)C(=O)N(CCCN(C)C)C2c2cccs2)c(C)c1. The summed E-state index contributed by atoms with van der Waals surface area (Å²) >= 11 is 1.47. The predicted octanol–water partition coefficient (Wildman–Crippen LogP) is 2.97. The third-order valence-electron chi connectivity index (χ3n) is 5.23. The first-order valence-electron chi connectivity index (χ1n) is 9.57. The molecule has 1 aliphatic heterocycles. The van der Waals surface area contributed by atoms with Crippen molar-refractivity contribution in [3.63, 3.8) is 0 Å². The van der Waals surface area contributed by atoms with Gasteiger partial charge in [-0.2, -0.15) is 0 Å². The number of carbonyl (C=O) groups excluding carboxylic acids is 3. The van der Waals surface area contributed by atoms with E-state index in [-0.39, 0.29) is 5.78 Å². The highest BCUT2D eigenvalue weighted by Gasteiger charge is 2.51. The first kappa shape index (κ1) is 21.2. The van der Waals surface area contributed by atoms with Gasteiger partial charge in [0.2, 0.25) is 5.78 Å². The van der Waals surface area contributed by atoms with Crippen LogP contribution in [-0.2, 0) is 9.59 Å². The fourth-order valence-corrected chi connectivity index (χ4v) is 4.64. The second-order valence-electron chi connectivity index (χ2n) is 7.50. The minimum Gasteiger partial charge on any atom is -0.497 e. The summed E-state index contributed by atoms with van der Waals surface area (Å²) in [7, 11) is 5.49. The molecule has 0 spiro atoms. The molecule has 1 aromatic heterocycles. The van der Waals surface area contributed by atoms with Gasteiger partial charge in [-0.1, -0.05) is 6.07 Å². The van der Waals surface area contributed by atoms with Crippen LogP contribution in [0.1, 0.15) is 33.3 Å². The summed E-state index contributed by atoms with van der Waals surface area (Å²) in [6, 6.07) is 8.37. The number of likely N-dealkylation sites (tertiary alicyclic amines) is 1. The number of carbonyl (C=O) groups is 3. The van der Waals surface area contributed by atoms with Crippen molar-refractivity contribution in [3.8, 4) is 5.75 Å². The number of thiophene rings is 1.